The zero-order valence-electron chi connectivity index (χ0n) is 6.62. The van der Waals surface area contributed by atoms with Crippen LogP contribution in [0.4, 0.5) is 0 Å². The van der Waals surface area contributed by atoms with Crippen molar-refractivity contribution >= 4 is 34.1 Å². The zero-order chi connectivity index (χ0) is 9.42. The van der Waals surface area contributed by atoms with E-state index in [1.165, 1.54) is 0 Å². The molecule has 0 heterocycles. The molecule has 0 amide bonds. The van der Waals surface area contributed by atoms with Gasteiger partial charge in [0, 0.05) is 15.6 Å². The van der Waals surface area contributed by atoms with E-state index in [1.54, 1.807) is 0 Å². The van der Waals surface area contributed by atoms with Crippen molar-refractivity contribution in [1.82, 2.24) is 0 Å². The van der Waals surface area contributed by atoms with E-state index in [9.17, 15) is 4.79 Å². The highest BCUT2D eigenvalue weighted by Gasteiger charge is 2.26. The third-order valence-electron chi connectivity index (χ3n) is 2.06. The summed E-state index contributed by atoms with van der Waals surface area (Å²) in [6, 6.07) is 5.65. The second kappa shape index (κ2) is 3.10. The fraction of sp³-hybridized carbons (Fsp3) is 0.111. The van der Waals surface area contributed by atoms with Crippen LogP contribution >= 0.6 is 22.6 Å². The van der Waals surface area contributed by atoms with Gasteiger partial charge in [0.25, 0.3) is 0 Å². The second-order valence-electron chi connectivity index (χ2n) is 2.85. The van der Waals surface area contributed by atoms with Crippen LogP contribution < -0.4 is 0 Å². The summed E-state index contributed by atoms with van der Waals surface area (Å²) in [6.45, 7) is 0. The summed E-state index contributed by atoms with van der Waals surface area (Å²) in [4.78, 5) is 11.5. The van der Waals surface area contributed by atoms with Crippen molar-refractivity contribution in [3.63, 3.8) is 0 Å². The van der Waals surface area contributed by atoms with Crippen LogP contribution in [0.3, 0.4) is 0 Å². The van der Waals surface area contributed by atoms with Crippen LogP contribution in [-0.4, -0.2) is 16.7 Å². The van der Waals surface area contributed by atoms with Crippen LogP contribution in [0, 0.1) is 3.57 Å². The van der Waals surface area contributed by atoms with Gasteiger partial charge in [-0.25, -0.2) is 0 Å². The molecule has 0 saturated heterocycles. The smallest absolute Gasteiger partial charge is 0.211 e. The summed E-state index contributed by atoms with van der Waals surface area (Å²) in [7, 11) is 0. The van der Waals surface area contributed by atoms with Gasteiger partial charge in [0.15, 0.2) is 0 Å². The van der Waals surface area contributed by atoms with E-state index in [4.69, 9.17) is 5.21 Å². The molecular formula is C9H6INO2. The summed E-state index contributed by atoms with van der Waals surface area (Å²) in [6.07, 6.45) is 0.446. The molecule has 0 aliphatic heterocycles. The van der Waals surface area contributed by atoms with Crippen LogP contribution in [0.2, 0.25) is 0 Å². The Balaban J connectivity index is 2.57. The minimum Gasteiger partial charge on any atom is -0.411 e. The van der Waals surface area contributed by atoms with Crippen molar-refractivity contribution in [2.75, 3.05) is 0 Å². The fourth-order valence-corrected chi connectivity index (χ4v) is 1.90. The van der Waals surface area contributed by atoms with E-state index >= 15 is 0 Å². The lowest BCUT2D eigenvalue weighted by Gasteiger charge is -1.95. The molecule has 0 radical (unpaired) electrons. The monoisotopic (exact) mass is 287 g/mol. The highest BCUT2D eigenvalue weighted by atomic mass is 127. The Bertz CT molecular complexity index is 412. The molecule has 0 fully saturated rings. The Hall–Kier alpha value is -0.910. The molecule has 4 heteroatoms. The maximum atomic E-state index is 11.5. The average molecular weight is 287 g/mol. The van der Waals surface area contributed by atoms with Crippen molar-refractivity contribution in [1.29, 1.82) is 0 Å². The van der Waals surface area contributed by atoms with Gasteiger partial charge in [-0.05, 0) is 40.3 Å². The van der Waals surface area contributed by atoms with E-state index in [2.05, 4.69) is 27.7 Å². The number of hydrogen-bond acceptors (Lipinski definition) is 3. The van der Waals surface area contributed by atoms with Crippen molar-refractivity contribution < 1.29 is 10.0 Å². The quantitative estimate of drug-likeness (QED) is 0.450. The van der Waals surface area contributed by atoms with Crippen molar-refractivity contribution in [3.05, 3.63) is 32.9 Å². The average Bonchev–Trinajstić information content (AvgIpc) is 2.44. The standard InChI is InChI=1S/C9H6INO2/c10-6-2-1-5-3-8(11-13)9(12)7(5)4-6/h1-2,4,13H,3H2/b11-8-. The third-order valence-corrected chi connectivity index (χ3v) is 2.73. The second-order valence-corrected chi connectivity index (χ2v) is 4.10. The summed E-state index contributed by atoms with van der Waals surface area (Å²) in [5.41, 5.74) is 1.84. The van der Waals surface area contributed by atoms with Crippen LogP contribution in [0.15, 0.2) is 23.4 Å². The van der Waals surface area contributed by atoms with Crippen molar-refractivity contribution in [2.24, 2.45) is 5.16 Å². The van der Waals surface area contributed by atoms with Gasteiger partial charge in [0.1, 0.15) is 5.71 Å². The number of halogens is 1. The fourth-order valence-electron chi connectivity index (χ4n) is 1.41. The number of carbonyl (C=O) groups is 1. The van der Waals surface area contributed by atoms with Gasteiger partial charge in [-0.1, -0.05) is 11.2 Å². The Morgan fingerprint density at radius 3 is 2.92 bits per heavy atom. The zero-order valence-corrected chi connectivity index (χ0v) is 8.78. The first-order valence-electron chi connectivity index (χ1n) is 3.76. The molecule has 0 saturated carbocycles. The Morgan fingerprint density at radius 1 is 1.46 bits per heavy atom. The van der Waals surface area contributed by atoms with E-state index in [0.29, 0.717) is 12.0 Å². The molecule has 0 atom stereocenters. The largest absolute Gasteiger partial charge is 0.411 e. The molecule has 3 nitrogen and oxygen atoms in total. The molecule has 1 aliphatic carbocycles. The summed E-state index contributed by atoms with van der Waals surface area (Å²) in [5.74, 6) is -0.156. The number of nitrogens with zero attached hydrogens (tertiary/aromatic N) is 1. The molecule has 1 aliphatic rings. The Kier molecular flexibility index (Phi) is 2.07. The number of hydrogen-bond donors (Lipinski definition) is 1. The topological polar surface area (TPSA) is 49.7 Å². The maximum Gasteiger partial charge on any atom is 0.211 e. The third kappa shape index (κ3) is 1.35. The molecule has 1 aromatic carbocycles. The van der Waals surface area contributed by atoms with Gasteiger partial charge in [-0.2, -0.15) is 0 Å². The number of fused-ring (bicyclic) bond motifs is 1. The number of rotatable bonds is 0. The first-order chi connectivity index (χ1) is 6.22. The van der Waals surface area contributed by atoms with Gasteiger partial charge in [-0.15, -0.1) is 0 Å². The van der Waals surface area contributed by atoms with Gasteiger partial charge in [0.2, 0.25) is 5.78 Å². The maximum absolute atomic E-state index is 11.5. The number of carbonyl (C=O) groups excluding carboxylic acids is 1. The highest BCUT2D eigenvalue weighted by Crippen LogP contribution is 2.22. The minimum atomic E-state index is -0.156. The van der Waals surface area contributed by atoms with Crippen LogP contribution in [0.25, 0.3) is 0 Å². The molecule has 0 bridgehead atoms. The lowest BCUT2D eigenvalue weighted by Crippen LogP contribution is -2.06. The lowest BCUT2D eigenvalue weighted by molar-refractivity contribution is 0.106. The molecule has 0 spiro atoms. The number of ketones is 1. The van der Waals surface area contributed by atoms with Crippen LogP contribution in [-0.2, 0) is 6.42 Å². The molecule has 13 heavy (non-hydrogen) atoms. The summed E-state index contributed by atoms with van der Waals surface area (Å²) >= 11 is 2.15. The predicted molar refractivity (Wildman–Crippen MR) is 56.4 cm³/mol. The van der Waals surface area contributed by atoms with E-state index in [0.717, 1.165) is 9.13 Å². The molecule has 0 unspecified atom stereocenters. The van der Waals surface area contributed by atoms with Gasteiger partial charge >= 0.3 is 0 Å². The van der Waals surface area contributed by atoms with Gasteiger partial charge < -0.3 is 5.21 Å². The Morgan fingerprint density at radius 2 is 2.23 bits per heavy atom. The normalized spacial score (nSPS) is 17.9. The Labute approximate surface area is 88.6 Å². The molecular weight excluding hydrogens is 281 g/mol. The van der Waals surface area contributed by atoms with Crippen LogP contribution in [0.5, 0.6) is 0 Å². The molecule has 66 valence electrons. The number of oxime groups is 1. The first-order valence-corrected chi connectivity index (χ1v) is 4.84. The minimum absolute atomic E-state index is 0.156. The molecule has 1 N–H and O–H groups in total. The first kappa shape index (κ1) is 8.68. The van der Waals surface area contributed by atoms with Crippen LogP contribution in [0.1, 0.15) is 15.9 Å². The number of Topliss-reactive ketones (excluding diaryl/α,β-unsaturated/α-hetero) is 1. The van der Waals surface area contributed by atoms with E-state index in [-0.39, 0.29) is 11.5 Å². The van der Waals surface area contributed by atoms with E-state index < -0.39 is 0 Å². The van der Waals surface area contributed by atoms with Crippen molar-refractivity contribution in [3.8, 4) is 0 Å². The van der Waals surface area contributed by atoms with Gasteiger partial charge in [0.05, 0.1) is 0 Å². The molecule has 2 rings (SSSR count). The SMILES string of the molecule is O=C1/C(=N\O)Cc2ccc(I)cc21. The molecule has 0 aromatic heterocycles. The lowest BCUT2D eigenvalue weighted by atomic mass is 10.1. The van der Waals surface area contributed by atoms with Crippen molar-refractivity contribution in [2.45, 2.75) is 6.42 Å². The summed E-state index contributed by atoms with van der Waals surface area (Å²) in [5, 5.41) is 11.5. The number of benzene rings is 1. The predicted octanol–water partition coefficient (Wildman–Crippen LogP) is 1.86. The van der Waals surface area contributed by atoms with E-state index in [1.807, 2.05) is 18.2 Å². The summed E-state index contributed by atoms with van der Waals surface area (Å²) < 4.78 is 1.02. The van der Waals surface area contributed by atoms with Gasteiger partial charge in [-0.3, -0.25) is 4.79 Å². The highest BCUT2D eigenvalue weighted by molar-refractivity contribution is 14.1. The molecule has 1 aromatic rings.